The van der Waals surface area contributed by atoms with Gasteiger partial charge in [0.1, 0.15) is 0 Å². The van der Waals surface area contributed by atoms with Crippen LogP contribution in [0.2, 0.25) is 0 Å². The van der Waals surface area contributed by atoms with E-state index in [0.29, 0.717) is 5.92 Å². The van der Waals surface area contributed by atoms with Gasteiger partial charge in [0.25, 0.3) is 0 Å². The monoisotopic (exact) mass is 479 g/mol. The number of aromatic nitrogens is 1. The number of nitrogens with zero attached hydrogens (tertiary/aromatic N) is 3. The van der Waals surface area contributed by atoms with Crippen LogP contribution in [0.4, 0.5) is 0 Å². The van der Waals surface area contributed by atoms with Crippen molar-refractivity contribution in [2.24, 2.45) is 10.9 Å². The van der Waals surface area contributed by atoms with E-state index in [9.17, 15) is 0 Å². The predicted molar refractivity (Wildman–Crippen MR) is 120 cm³/mol. The number of aliphatic imine (C=N–C) groups is 1. The van der Waals surface area contributed by atoms with Crippen LogP contribution in [0.5, 0.6) is 0 Å². The average molecular weight is 479 g/mol. The Kier molecular flexibility index (Phi) is 10.9. The number of thiazole rings is 1. The van der Waals surface area contributed by atoms with E-state index in [2.05, 4.69) is 48.2 Å². The van der Waals surface area contributed by atoms with Crippen molar-refractivity contribution in [2.75, 3.05) is 39.3 Å². The number of hydrogen-bond acceptors (Lipinski definition) is 4. The summed E-state index contributed by atoms with van der Waals surface area (Å²) in [6.45, 7) is 15.0. The third-order valence-electron chi connectivity index (χ3n) is 4.47. The van der Waals surface area contributed by atoms with Gasteiger partial charge in [-0.05, 0) is 52.6 Å². The summed E-state index contributed by atoms with van der Waals surface area (Å²) in [5.74, 6) is 1.65. The van der Waals surface area contributed by atoms with Crippen LogP contribution in [0, 0.1) is 19.8 Å². The molecule has 2 heterocycles. The molecule has 1 aromatic rings. The average Bonchev–Trinajstić information content (AvgIpc) is 3.12. The Morgan fingerprint density at radius 3 is 2.76 bits per heavy atom. The summed E-state index contributed by atoms with van der Waals surface area (Å²) in [6, 6.07) is 0. The Labute approximate surface area is 174 Å². The van der Waals surface area contributed by atoms with E-state index in [-0.39, 0.29) is 24.0 Å². The zero-order valence-electron chi connectivity index (χ0n) is 16.1. The number of aryl methyl sites for hydroxylation is 2. The molecule has 0 saturated carbocycles. The first-order valence-corrected chi connectivity index (χ1v) is 10.1. The van der Waals surface area contributed by atoms with Gasteiger partial charge in [-0.1, -0.05) is 6.92 Å². The summed E-state index contributed by atoms with van der Waals surface area (Å²) < 4.78 is 0. The van der Waals surface area contributed by atoms with E-state index < -0.39 is 0 Å². The summed E-state index contributed by atoms with van der Waals surface area (Å²) in [5.41, 5.74) is 1.16. The van der Waals surface area contributed by atoms with Crippen molar-refractivity contribution in [3.05, 3.63) is 15.6 Å². The van der Waals surface area contributed by atoms with Crippen molar-refractivity contribution >= 4 is 41.3 Å². The third kappa shape index (κ3) is 7.78. The number of rotatable bonds is 8. The molecule has 0 amide bonds. The Bertz CT molecular complexity index is 512. The van der Waals surface area contributed by atoms with Gasteiger partial charge in [-0.25, -0.2) is 4.98 Å². The van der Waals surface area contributed by atoms with Crippen molar-refractivity contribution in [3.63, 3.8) is 0 Å². The van der Waals surface area contributed by atoms with E-state index >= 15 is 0 Å². The minimum absolute atomic E-state index is 0. The van der Waals surface area contributed by atoms with Gasteiger partial charge in [0.15, 0.2) is 5.96 Å². The fourth-order valence-corrected chi connectivity index (χ4v) is 4.01. The van der Waals surface area contributed by atoms with E-state index in [1.807, 2.05) is 0 Å². The van der Waals surface area contributed by atoms with Gasteiger partial charge < -0.3 is 15.5 Å². The molecule has 1 aromatic heterocycles. The molecule has 1 saturated heterocycles. The van der Waals surface area contributed by atoms with Crippen LogP contribution < -0.4 is 10.6 Å². The molecule has 1 fully saturated rings. The summed E-state index contributed by atoms with van der Waals surface area (Å²) in [7, 11) is 0. The Morgan fingerprint density at radius 1 is 1.32 bits per heavy atom. The molecule has 2 N–H and O–H groups in total. The van der Waals surface area contributed by atoms with E-state index in [4.69, 9.17) is 4.99 Å². The second-order valence-electron chi connectivity index (χ2n) is 6.60. The lowest BCUT2D eigenvalue weighted by Gasteiger charge is -2.14. The smallest absolute Gasteiger partial charge is 0.191 e. The van der Waals surface area contributed by atoms with Gasteiger partial charge in [0.2, 0.25) is 0 Å². The summed E-state index contributed by atoms with van der Waals surface area (Å²) in [4.78, 5) is 13.3. The van der Waals surface area contributed by atoms with Gasteiger partial charge in [0.05, 0.1) is 10.7 Å². The summed E-state index contributed by atoms with van der Waals surface area (Å²) in [5, 5.41) is 8.01. The summed E-state index contributed by atoms with van der Waals surface area (Å²) >= 11 is 1.80. The number of hydrogen-bond donors (Lipinski definition) is 2. The highest BCUT2D eigenvalue weighted by molar-refractivity contribution is 14.0. The molecule has 1 unspecified atom stereocenters. The molecule has 1 atom stereocenters. The van der Waals surface area contributed by atoms with Crippen LogP contribution in [0.25, 0.3) is 0 Å². The Balaban J connectivity index is 0.00000312. The molecule has 144 valence electrons. The molecule has 2 rings (SSSR count). The molecule has 5 nitrogen and oxygen atoms in total. The second kappa shape index (κ2) is 12.1. The Morgan fingerprint density at radius 2 is 2.12 bits per heavy atom. The van der Waals surface area contributed by atoms with E-state index in [1.165, 1.54) is 42.4 Å². The molecule has 0 radical (unpaired) electrons. The molecule has 1 aliphatic rings. The maximum atomic E-state index is 4.79. The standard InChI is InChI=1S/C18H33N5S.HI/c1-5-10-23-11-8-16(13-23)12-21-18(19-6-2)20-9-7-17-22-14(3)15(4)24-17;/h16H,5-13H2,1-4H3,(H2,19,20,21);1H. The highest BCUT2D eigenvalue weighted by Crippen LogP contribution is 2.17. The van der Waals surface area contributed by atoms with Crippen LogP contribution in [0.3, 0.4) is 0 Å². The highest BCUT2D eigenvalue weighted by atomic mass is 127. The van der Waals surface area contributed by atoms with Crippen molar-refractivity contribution in [1.29, 1.82) is 0 Å². The van der Waals surface area contributed by atoms with Crippen LogP contribution in [-0.4, -0.2) is 55.1 Å². The molecule has 0 aliphatic carbocycles. The lowest BCUT2D eigenvalue weighted by Crippen LogP contribution is -2.38. The van der Waals surface area contributed by atoms with E-state index in [0.717, 1.165) is 37.7 Å². The number of halogens is 1. The van der Waals surface area contributed by atoms with Crippen molar-refractivity contribution in [3.8, 4) is 0 Å². The fraction of sp³-hybridized carbons (Fsp3) is 0.778. The van der Waals surface area contributed by atoms with Gasteiger partial charge in [0, 0.05) is 37.5 Å². The molecule has 0 spiro atoms. The predicted octanol–water partition coefficient (Wildman–Crippen LogP) is 3.21. The van der Waals surface area contributed by atoms with Crippen molar-refractivity contribution in [1.82, 2.24) is 20.5 Å². The molecule has 0 aromatic carbocycles. The minimum Gasteiger partial charge on any atom is -0.357 e. The maximum absolute atomic E-state index is 4.79. The molecule has 25 heavy (non-hydrogen) atoms. The van der Waals surface area contributed by atoms with Gasteiger partial charge >= 0.3 is 0 Å². The van der Waals surface area contributed by atoms with Crippen LogP contribution in [0.1, 0.15) is 42.3 Å². The normalized spacial score (nSPS) is 18.2. The first-order chi connectivity index (χ1) is 11.6. The van der Waals surface area contributed by atoms with Crippen LogP contribution in [0.15, 0.2) is 4.99 Å². The van der Waals surface area contributed by atoms with Gasteiger partial charge in [-0.3, -0.25) is 4.99 Å². The first-order valence-electron chi connectivity index (χ1n) is 9.29. The Hall–Kier alpha value is -0.410. The second-order valence-corrected chi connectivity index (χ2v) is 7.89. The first kappa shape index (κ1) is 22.6. The molecule has 7 heteroatoms. The zero-order chi connectivity index (χ0) is 17.4. The topological polar surface area (TPSA) is 52.5 Å². The molecule has 1 aliphatic heterocycles. The molecular weight excluding hydrogens is 445 g/mol. The number of nitrogens with one attached hydrogen (secondary N) is 2. The third-order valence-corrected chi connectivity index (χ3v) is 5.60. The van der Waals surface area contributed by atoms with Crippen LogP contribution >= 0.6 is 35.3 Å². The van der Waals surface area contributed by atoms with Gasteiger partial charge in [-0.15, -0.1) is 35.3 Å². The summed E-state index contributed by atoms with van der Waals surface area (Å²) in [6.07, 6.45) is 3.48. The lowest BCUT2D eigenvalue weighted by molar-refractivity contribution is 0.326. The molecular formula is C18H34IN5S. The lowest BCUT2D eigenvalue weighted by atomic mass is 10.1. The number of likely N-dealkylation sites (tertiary alicyclic amines) is 1. The molecule has 0 bridgehead atoms. The minimum atomic E-state index is 0. The fourth-order valence-electron chi connectivity index (χ4n) is 3.08. The van der Waals surface area contributed by atoms with Crippen LogP contribution in [-0.2, 0) is 6.42 Å². The van der Waals surface area contributed by atoms with Crippen molar-refractivity contribution < 1.29 is 0 Å². The van der Waals surface area contributed by atoms with E-state index in [1.54, 1.807) is 11.3 Å². The SMILES string of the molecule is CCCN1CCC(CN=C(NCC)NCCc2nc(C)c(C)s2)C1.I. The quantitative estimate of drug-likeness (QED) is 0.342. The largest absolute Gasteiger partial charge is 0.357 e. The zero-order valence-corrected chi connectivity index (χ0v) is 19.2. The van der Waals surface area contributed by atoms with Crippen molar-refractivity contribution in [2.45, 2.75) is 47.0 Å². The highest BCUT2D eigenvalue weighted by Gasteiger charge is 2.21. The maximum Gasteiger partial charge on any atom is 0.191 e. The van der Waals surface area contributed by atoms with Gasteiger partial charge in [-0.2, -0.15) is 0 Å². The number of guanidine groups is 1.